The molecule has 0 saturated carbocycles. The average molecular weight is 410 g/mol. The van der Waals surface area contributed by atoms with Gasteiger partial charge in [0.15, 0.2) is 0 Å². The Morgan fingerprint density at radius 3 is 2.61 bits per heavy atom. The minimum atomic E-state index is 0.350. The molecule has 4 nitrogen and oxygen atoms in total. The van der Waals surface area contributed by atoms with E-state index in [9.17, 15) is 5.26 Å². The maximum Gasteiger partial charge on any atom is 0.128 e. The molecule has 0 aliphatic rings. The first kappa shape index (κ1) is 19.6. The highest BCUT2D eigenvalue weighted by Crippen LogP contribution is 2.32. The van der Waals surface area contributed by atoms with Crippen LogP contribution in [0.5, 0.6) is 0 Å². The van der Waals surface area contributed by atoms with Gasteiger partial charge in [-0.3, -0.25) is 0 Å². The molecule has 1 heterocycles. The monoisotopic (exact) mass is 409 g/mol. The Bertz CT molecular complexity index is 1070. The van der Waals surface area contributed by atoms with Gasteiger partial charge >= 0.3 is 0 Å². The first-order chi connectivity index (χ1) is 13.5. The zero-order chi connectivity index (χ0) is 20.1. The summed E-state index contributed by atoms with van der Waals surface area (Å²) in [6.45, 7) is 4.50. The maximum atomic E-state index is 9.70. The molecule has 0 unspecified atom stereocenters. The van der Waals surface area contributed by atoms with E-state index in [1.807, 2.05) is 29.2 Å². The van der Waals surface area contributed by atoms with Gasteiger partial charge in [-0.25, -0.2) is 0 Å². The molecule has 2 N–H and O–H groups in total. The van der Waals surface area contributed by atoms with Gasteiger partial charge in [-0.15, -0.1) is 0 Å². The average Bonchev–Trinajstić information content (AvgIpc) is 3.19. The molecule has 0 radical (unpaired) electrons. The highest BCUT2D eigenvalue weighted by Gasteiger charge is 2.18. The fraction of sp³-hybridized carbons (Fsp3) is 0.0455. The van der Waals surface area contributed by atoms with Crippen LogP contribution in [0, 0.1) is 11.3 Å². The number of rotatable bonds is 6. The molecule has 6 heteroatoms. The molecule has 3 rings (SSSR count). The number of nitrogens with two attached hydrogens (primary N) is 1. The molecule has 28 heavy (non-hydrogen) atoms. The molecule has 0 saturated heterocycles. The standard InChI is InChI=1S/C22H17Cl2N3O/c1-15(17(13-25)11-19-5-4-10-28-19)27(22-7-3-2-6-21(22)26)14-16-8-9-18(23)12-20(16)24/h2-12H,1,14,26H2. The Hall–Kier alpha value is -3.13. The van der Waals surface area contributed by atoms with E-state index in [2.05, 4.69) is 12.6 Å². The summed E-state index contributed by atoms with van der Waals surface area (Å²) < 4.78 is 5.33. The van der Waals surface area contributed by atoms with E-state index in [-0.39, 0.29) is 0 Å². The number of allylic oxidation sites excluding steroid dienone is 1. The first-order valence-corrected chi connectivity index (χ1v) is 9.15. The van der Waals surface area contributed by atoms with E-state index in [1.165, 1.54) is 0 Å². The predicted molar refractivity (Wildman–Crippen MR) is 115 cm³/mol. The van der Waals surface area contributed by atoms with Gasteiger partial charge in [-0.05, 0) is 42.0 Å². The van der Waals surface area contributed by atoms with Gasteiger partial charge in [-0.1, -0.05) is 48.0 Å². The molecule has 0 aliphatic heterocycles. The molecular formula is C22H17Cl2N3O. The highest BCUT2D eigenvalue weighted by molar-refractivity contribution is 6.35. The van der Waals surface area contributed by atoms with Crippen LogP contribution in [0.15, 0.2) is 83.1 Å². The van der Waals surface area contributed by atoms with E-state index >= 15 is 0 Å². The van der Waals surface area contributed by atoms with Crippen molar-refractivity contribution in [2.45, 2.75) is 6.54 Å². The van der Waals surface area contributed by atoms with Crippen molar-refractivity contribution >= 4 is 40.7 Å². The number of nitriles is 1. The van der Waals surface area contributed by atoms with E-state index in [4.69, 9.17) is 33.4 Å². The molecule has 1 aromatic heterocycles. The van der Waals surface area contributed by atoms with Gasteiger partial charge < -0.3 is 15.1 Å². The number of para-hydroxylation sites is 2. The van der Waals surface area contributed by atoms with Crippen molar-refractivity contribution < 1.29 is 4.42 Å². The minimum absolute atomic E-state index is 0.350. The van der Waals surface area contributed by atoms with Crippen LogP contribution in [0.2, 0.25) is 10.0 Å². The van der Waals surface area contributed by atoms with Crippen molar-refractivity contribution in [1.82, 2.24) is 0 Å². The zero-order valence-electron chi connectivity index (χ0n) is 14.9. The van der Waals surface area contributed by atoms with Gasteiger partial charge in [0.2, 0.25) is 0 Å². The topological polar surface area (TPSA) is 66.2 Å². The Balaban J connectivity index is 2.04. The highest BCUT2D eigenvalue weighted by atomic mass is 35.5. The van der Waals surface area contributed by atoms with E-state index in [0.29, 0.717) is 39.3 Å². The van der Waals surface area contributed by atoms with E-state index in [1.54, 1.807) is 42.7 Å². The third-order valence-electron chi connectivity index (χ3n) is 4.16. The summed E-state index contributed by atoms with van der Waals surface area (Å²) >= 11 is 12.4. The second-order valence-corrected chi connectivity index (χ2v) is 6.86. The van der Waals surface area contributed by atoms with Gasteiger partial charge in [-0.2, -0.15) is 5.26 Å². The Labute approximate surface area is 173 Å². The van der Waals surface area contributed by atoms with Crippen molar-refractivity contribution in [2.75, 3.05) is 10.6 Å². The van der Waals surface area contributed by atoms with Crippen molar-refractivity contribution in [1.29, 1.82) is 5.26 Å². The molecule has 0 aliphatic carbocycles. The summed E-state index contributed by atoms with van der Waals surface area (Å²) in [6.07, 6.45) is 3.18. The van der Waals surface area contributed by atoms with Crippen LogP contribution in [-0.4, -0.2) is 0 Å². The summed E-state index contributed by atoms with van der Waals surface area (Å²) in [4.78, 5) is 1.85. The molecule has 0 spiro atoms. The number of halogens is 2. The normalized spacial score (nSPS) is 11.1. The number of nitrogen functional groups attached to an aromatic ring is 1. The van der Waals surface area contributed by atoms with Crippen LogP contribution >= 0.6 is 23.2 Å². The largest absolute Gasteiger partial charge is 0.465 e. The maximum absolute atomic E-state index is 9.70. The van der Waals surface area contributed by atoms with Crippen LogP contribution in [0.25, 0.3) is 6.08 Å². The molecule has 0 bridgehead atoms. The van der Waals surface area contributed by atoms with Crippen LogP contribution in [0.4, 0.5) is 11.4 Å². The van der Waals surface area contributed by atoms with E-state index in [0.717, 1.165) is 11.3 Å². The summed E-state index contributed by atoms with van der Waals surface area (Å²) in [5.41, 5.74) is 9.13. The second-order valence-electron chi connectivity index (χ2n) is 6.01. The molecule has 3 aromatic rings. The van der Waals surface area contributed by atoms with Crippen molar-refractivity contribution in [3.63, 3.8) is 0 Å². The Morgan fingerprint density at radius 2 is 1.96 bits per heavy atom. The molecule has 0 fully saturated rings. The lowest BCUT2D eigenvalue weighted by Crippen LogP contribution is -2.23. The third-order valence-corrected chi connectivity index (χ3v) is 4.75. The summed E-state index contributed by atoms with van der Waals surface area (Å²) in [5, 5.41) is 10.8. The third kappa shape index (κ3) is 4.40. The number of benzene rings is 2. The van der Waals surface area contributed by atoms with Crippen LogP contribution in [0.3, 0.4) is 0 Å². The fourth-order valence-electron chi connectivity index (χ4n) is 2.72. The lowest BCUT2D eigenvalue weighted by molar-refractivity contribution is 0.557. The van der Waals surface area contributed by atoms with Gasteiger partial charge in [0.1, 0.15) is 11.8 Å². The SMILES string of the molecule is C=C(C(C#N)=Cc1ccco1)N(Cc1ccc(Cl)cc1Cl)c1ccccc1N. The molecule has 0 amide bonds. The van der Waals surface area contributed by atoms with Crippen molar-refractivity contribution in [3.8, 4) is 6.07 Å². The fourth-order valence-corrected chi connectivity index (χ4v) is 3.19. The van der Waals surface area contributed by atoms with Crippen LogP contribution in [-0.2, 0) is 6.54 Å². The summed E-state index contributed by atoms with van der Waals surface area (Å²) in [7, 11) is 0. The first-order valence-electron chi connectivity index (χ1n) is 8.40. The molecule has 140 valence electrons. The van der Waals surface area contributed by atoms with Crippen LogP contribution in [0.1, 0.15) is 11.3 Å². The zero-order valence-corrected chi connectivity index (χ0v) is 16.4. The van der Waals surface area contributed by atoms with Gasteiger partial charge in [0.25, 0.3) is 0 Å². The van der Waals surface area contributed by atoms with E-state index < -0.39 is 0 Å². The quantitative estimate of drug-likeness (QED) is 0.294. The second kappa shape index (κ2) is 8.71. The lowest BCUT2D eigenvalue weighted by Gasteiger charge is -2.28. The minimum Gasteiger partial charge on any atom is -0.465 e. The van der Waals surface area contributed by atoms with Crippen molar-refractivity contribution in [3.05, 3.63) is 100 Å². The number of hydrogen-bond donors (Lipinski definition) is 1. The number of anilines is 2. The van der Waals surface area contributed by atoms with Gasteiger partial charge in [0.05, 0.1) is 28.9 Å². The Kier molecular flexibility index (Phi) is 6.10. The molecule has 2 aromatic carbocycles. The van der Waals surface area contributed by atoms with Crippen LogP contribution < -0.4 is 10.6 Å². The summed E-state index contributed by atoms with van der Waals surface area (Å²) in [5.74, 6) is 0.559. The molecular weight excluding hydrogens is 393 g/mol. The summed E-state index contributed by atoms with van der Waals surface area (Å²) in [6, 6.07) is 18.4. The smallest absolute Gasteiger partial charge is 0.128 e. The number of hydrogen-bond acceptors (Lipinski definition) is 4. The number of furan rings is 1. The van der Waals surface area contributed by atoms with Crippen molar-refractivity contribution in [2.24, 2.45) is 0 Å². The molecule has 0 atom stereocenters. The number of nitrogens with zero attached hydrogens (tertiary/aromatic N) is 2. The lowest BCUT2D eigenvalue weighted by atomic mass is 10.1. The Morgan fingerprint density at radius 1 is 1.18 bits per heavy atom. The van der Waals surface area contributed by atoms with Gasteiger partial charge in [0, 0.05) is 22.7 Å². The predicted octanol–water partition coefficient (Wildman–Crippen LogP) is 6.30.